The lowest BCUT2D eigenvalue weighted by molar-refractivity contribution is -0.151. The predicted octanol–water partition coefficient (Wildman–Crippen LogP) is 6.11. The number of thiophene rings is 1. The fourth-order valence-electron chi connectivity index (χ4n) is 3.16. The summed E-state index contributed by atoms with van der Waals surface area (Å²) in [6.45, 7) is 1.18. The molecule has 5 nitrogen and oxygen atoms in total. The van der Waals surface area contributed by atoms with Crippen LogP contribution in [-0.2, 0) is 9.53 Å². The number of rotatable bonds is 8. The number of halogens is 1. The van der Waals surface area contributed by atoms with Crippen molar-refractivity contribution >= 4 is 33.2 Å². The van der Waals surface area contributed by atoms with E-state index in [9.17, 15) is 4.79 Å². The zero-order valence-corrected chi connectivity index (χ0v) is 19.3. The molecule has 1 aliphatic heterocycles. The summed E-state index contributed by atoms with van der Waals surface area (Å²) in [6, 6.07) is 16.2. The maximum atomic E-state index is 12.1. The first kappa shape index (κ1) is 21.7. The van der Waals surface area contributed by atoms with E-state index >= 15 is 0 Å². The van der Waals surface area contributed by atoms with Gasteiger partial charge in [0.15, 0.2) is 17.6 Å². The first-order valence-electron chi connectivity index (χ1n) is 10.2. The lowest BCUT2D eigenvalue weighted by atomic mass is 10.1. The average molecular weight is 503 g/mol. The molecule has 162 valence electrons. The number of esters is 1. The quantitative estimate of drug-likeness (QED) is 0.274. The first-order chi connectivity index (χ1) is 15.2. The van der Waals surface area contributed by atoms with Crippen LogP contribution in [0.2, 0.25) is 0 Å². The maximum absolute atomic E-state index is 12.1. The van der Waals surface area contributed by atoms with Crippen LogP contribution in [-0.4, -0.2) is 31.9 Å². The van der Waals surface area contributed by atoms with E-state index in [4.69, 9.17) is 18.9 Å². The van der Waals surface area contributed by atoms with Crippen molar-refractivity contribution in [2.45, 2.75) is 25.4 Å². The molecule has 0 atom stereocenters. The van der Waals surface area contributed by atoms with Gasteiger partial charge in [-0.3, -0.25) is 4.79 Å². The summed E-state index contributed by atoms with van der Waals surface area (Å²) < 4.78 is 23.6. The van der Waals surface area contributed by atoms with Crippen LogP contribution in [0.3, 0.4) is 0 Å². The van der Waals surface area contributed by atoms with Gasteiger partial charge in [0, 0.05) is 21.7 Å². The van der Waals surface area contributed by atoms with E-state index in [1.165, 1.54) is 11.3 Å². The largest absolute Gasteiger partial charge is 0.494 e. The number of benzene rings is 2. The summed E-state index contributed by atoms with van der Waals surface area (Å²) in [4.78, 5) is 12.1. The van der Waals surface area contributed by atoms with Gasteiger partial charge in [-0.05, 0) is 48.2 Å². The van der Waals surface area contributed by atoms with E-state index < -0.39 is 0 Å². The number of carbonyl (C=O) groups is 1. The van der Waals surface area contributed by atoms with Crippen molar-refractivity contribution in [3.05, 3.63) is 63.8 Å². The highest BCUT2D eigenvalue weighted by atomic mass is 79.9. The van der Waals surface area contributed by atoms with Crippen LogP contribution in [0.4, 0.5) is 0 Å². The molecular weight excluding hydrogens is 480 g/mol. The van der Waals surface area contributed by atoms with Gasteiger partial charge in [-0.15, -0.1) is 11.3 Å². The molecule has 0 bridgehead atoms. The van der Waals surface area contributed by atoms with E-state index in [1.807, 2.05) is 47.2 Å². The Hall–Kier alpha value is -2.51. The lowest BCUT2D eigenvalue weighted by Crippen LogP contribution is -2.29. The second kappa shape index (κ2) is 10.7. The Morgan fingerprint density at radius 3 is 2.19 bits per heavy atom. The number of ether oxygens (including phenoxy) is 4. The lowest BCUT2D eigenvalue weighted by Gasteiger charge is -2.14. The van der Waals surface area contributed by atoms with Crippen LogP contribution >= 0.6 is 27.3 Å². The highest BCUT2D eigenvalue weighted by Crippen LogP contribution is 2.33. The predicted molar refractivity (Wildman–Crippen MR) is 124 cm³/mol. The Morgan fingerprint density at radius 1 is 0.935 bits per heavy atom. The summed E-state index contributed by atoms with van der Waals surface area (Å²) in [5.41, 5.74) is 2.30. The minimum atomic E-state index is -0.384. The van der Waals surface area contributed by atoms with Crippen LogP contribution < -0.4 is 14.2 Å². The minimum Gasteiger partial charge on any atom is -0.494 e. The molecule has 0 radical (unpaired) electrons. The van der Waals surface area contributed by atoms with Crippen LogP contribution in [0.25, 0.3) is 11.1 Å². The van der Waals surface area contributed by atoms with Gasteiger partial charge < -0.3 is 18.9 Å². The van der Waals surface area contributed by atoms with E-state index in [0.717, 1.165) is 27.8 Å². The van der Waals surface area contributed by atoms with Crippen LogP contribution in [0, 0.1) is 0 Å². The smallest absolute Gasteiger partial charge is 0.306 e. The van der Waals surface area contributed by atoms with E-state index in [1.54, 1.807) is 0 Å². The van der Waals surface area contributed by atoms with Gasteiger partial charge in [-0.1, -0.05) is 40.2 Å². The molecule has 0 N–H and O–H groups in total. The van der Waals surface area contributed by atoms with E-state index in [2.05, 4.69) is 28.1 Å². The molecule has 0 aliphatic carbocycles. The molecule has 3 aromatic rings. The molecule has 0 saturated carbocycles. The minimum absolute atomic E-state index is 0.236. The molecule has 0 fully saturated rings. The Labute approximate surface area is 194 Å². The van der Waals surface area contributed by atoms with Crippen LogP contribution in [0.1, 0.15) is 19.3 Å². The van der Waals surface area contributed by atoms with Crippen molar-refractivity contribution in [2.75, 3.05) is 19.8 Å². The molecule has 1 aromatic heterocycles. The fourth-order valence-corrected chi connectivity index (χ4v) is 4.11. The summed E-state index contributed by atoms with van der Waals surface area (Å²) in [5, 5.41) is 3.77. The molecule has 1 aliphatic rings. The summed E-state index contributed by atoms with van der Waals surface area (Å²) >= 11 is 4.97. The highest BCUT2D eigenvalue weighted by molar-refractivity contribution is 9.10. The molecule has 0 spiro atoms. The first-order valence-corrected chi connectivity index (χ1v) is 11.9. The third-order valence-corrected chi connectivity index (χ3v) is 6.05. The Bertz CT molecular complexity index is 961. The number of hydrogen-bond donors (Lipinski definition) is 0. The monoisotopic (exact) mass is 502 g/mol. The summed E-state index contributed by atoms with van der Waals surface area (Å²) in [5.74, 6) is 2.01. The van der Waals surface area contributed by atoms with Gasteiger partial charge in [0.05, 0.1) is 6.61 Å². The molecule has 31 heavy (non-hydrogen) atoms. The maximum Gasteiger partial charge on any atom is 0.306 e. The van der Waals surface area contributed by atoms with Crippen molar-refractivity contribution < 1.29 is 23.7 Å². The van der Waals surface area contributed by atoms with Crippen LogP contribution in [0.5, 0.6) is 17.2 Å². The van der Waals surface area contributed by atoms with E-state index in [0.29, 0.717) is 44.2 Å². The van der Waals surface area contributed by atoms with Gasteiger partial charge in [0.2, 0.25) is 0 Å². The van der Waals surface area contributed by atoms with Gasteiger partial charge in [-0.2, -0.15) is 0 Å². The molecule has 0 unspecified atom stereocenters. The molecular formula is C24H23BrO5S. The summed E-state index contributed by atoms with van der Waals surface area (Å²) in [6.07, 6.45) is 1.45. The van der Waals surface area contributed by atoms with Crippen molar-refractivity contribution in [1.29, 1.82) is 0 Å². The molecule has 4 rings (SSSR count). The second-order valence-corrected chi connectivity index (χ2v) is 8.83. The summed E-state index contributed by atoms with van der Waals surface area (Å²) in [7, 11) is 0. The highest BCUT2D eigenvalue weighted by Gasteiger charge is 2.22. The van der Waals surface area contributed by atoms with Crippen molar-refractivity contribution in [2.24, 2.45) is 0 Å². The molecule has 0 amide bonds. The van der Waals surface area contributed by atoms with Gasteiger partial charge in [-0.25, -0.2) is 0 Å². The SMILES string of the molecule is O=C(CCCCOc1ccc(-c2ccc(Br)cc2)cc1)OC1COc2cscc2OC1. The normalized spacial score (nSPS) is 13.5. The standard InChI is InChI=1S/C24H23BrO5S/c25-19-8-4-17(5-9-19)18-6-10-20(11-7-18)27-12-2-1-3-24(26)30-21-13-28-22-15-31-16-23(22)29-14-21/h4-11,15-16,21H,1-3,12-14H2. The fraction of sp³-hybridized carbons (Fsp3) is 0.292. The van der Waals surface area contributed by atoms with Crippen molar-refractivity contribution in [3.63, 3.8) is 0 Å². The topological polar surface area (TPSA) is 54.0 Å². The Morgan fingerprint density at radius 2 is 1.55 bits per heavy atom. The third kappa shape index (κ3) is 6.24. The third-order valence-electron chi connectivity index (χ3n) is 4.82. The average Bonchev–Trinajstić information content (AvgIpc) is 3.15. The van der Waals surface area contributed by atoms with Crippen molar-refractivity contribution in [1.82, 2.24) is 0 Å². The Kier molecular flexibility index (Phi) is 7.48. The molecule has 2 heterocycles. The molecule has 2 aromatic carbocycles. The van der Waals surface area contributed by atoms with Gasteiger partial charge in [0.25, 0.3) is 0 Å². The second-order valence-electron chi connectivity index (χ2n) is 7.17. The number of unbranched alkanes of at least 4 members (excludes halogenated alkanes) is 1. The molecule has 7 heteroatoms. The number of carbonyl (C=O) groups excluding carboxylic acids is 1. The molecule has 0 saturated heterocycles. The van der Waals surface area contributed by atoms with Crippen LogP contribution in [0.15, 0.2) is 63.8 Å². The Balaban J connectivity index is 1.12. The zero-order valence-electron chi connectivity index (χ0n) is 16.9. The number of hydrogen-bond acceptors (Lipinski definition) is 6. The number of fused-ring (bicyclic) bond motifs is 1. The van der Waals surface area contributed by atoms with Gasteiger partial charge in [0.1, 0.15) is 19.0 Å². The van der Waals surface area contributed by atoms with Crippen molar-refractivity contribution in [3.8, 4) is 28.4 Å². The van der Waals surface area contributed by atoms with Gasteiger partial charge >= 0.3 is 5.97 Å². The zero-order chi connectivity index (χ0) is 21.5. The van der Waals surface area contributed by atoms with E-state index in [-0.39, 0.29) is 12.1 Å².